The summed E-state index contributed by atoms with van der Waals surface area (Å²) in [5, 5.41) is 0. The van der Waals surface area contributed by atoms with Gasteiger partial charge in [-0.3, -0.25) is 0 Å². The van der Waals surface area contributed by atoms with Crippen LogP contribution >= 0.6 is 0 Å². The zero-order valence-electron chi connectivity index (χ0n) is 15.3. The monoisotopic (exact) mass is 373 g/mol. The summed E-state index contributed by atoms with van der Waals surface area (Å²) in [5.41, 5.74) is 0.630. The van der Waals surface area contributed by atoms with E-state index in [1.165, 1.54) is 51.5 Å². The third-order valence-electron chi connectivity index (χ3n) is 3.75. The maximum absolute atomic E-state index is 12.4. The van der Waals surface area contributed by atoms with E-state index in [1.807, 2.05) is 0 Å². The lowest BCUT2D eigenvalue weighted by atomic mass is 10.1. The molecule has 8 heteroatoms. The van der Waals surface area contributed by atoms with E-state index in [0.29, 0.717) is 5.69 Å². The molecule has 142 valence electrons. The molecule has 0 atom stereocenters. The third kappa shape index (κ3) is 4.00. The summed E-state index contributed by atoms with van der Waals surface area (Å²) in [6, 6.07) is 4.56. The number of anilines is 1. The molecule has 8 nitrogen and oxygen atoms in total. The highest BCUT2D eigenvalue weighted by atomic mass is 16.5. The van der Waals surface area contributed by atoms with Crippen molar-refractivity contribution in [2.45, 2.75) is 0 Å². The molecule has 0 amide bonds. The van der Waals surface area contributed by atoms with E-state index >= 15 is 0 Å². The van der Waals surface area contributed by atoms with Crippen LogP contribution < -0.4 is 9.64 Å². The minimum absolute atomic E-state index is 0.00782. The van der Waals surface area contributed by atoms with Crippen LogP contribution in [0.5, 0.6) is 5.75 Å². The van der Waals surface area contributed by atoms with E-state index in [0.717, 1.165) is 0 Å². The summed E-state index contributed by atoms with van der Waals surface area (Å²) in [4.78, 5) is 37.8. The van der Waals surface area contributed by atoms with Crippen molar-refractivity contribution in [3.05, 3.63) is 59.5 Å². The molecule has 0 spiro atoms. The quantitative estimate of drug-likeness (QED) is 0.571. The highest BCUT2D eigenvalue weighted by molar-refractivity contribution is 6.05. The maximum Gasteiger partial charge on any atom is 0.355 e. The Bertz CT molecular complexity index is 852. The van der Waals surface area contributed by atoms with Crippen molar-refractivity contribution in [1.29, 1.82) is 0 Å². The van der Waals surface area contributed by atoms with Gasteiger partial charge in [0.05, 0.1) is 45.3 Å². The first-order chi connectivity index (χ1) is 13.0. The Morgan fingerprint density at radius 1 is 0.852 bits per heavy atom. The Hall–Kier alpha value is -3.55. The molecule has 0 aromatic heterocycles. The molecular weight excluding hydrogens is 354 g/mol. The van der Waals surface area contributed by atoms with E-state index in [-0.39, 0.29) is 22.6 Å². The standard InChI is InChI=1S/C19H19NO7/c1-24-15-11-12(17(21)25-2)8-9-14(15)20-10-6-5-7-13(18(22)26-3)16(20)19(23)27-4/h5-11H,1-4H3. The number of carbonyl (C=O) groups is 3. The number of allylic oxidation sites excluding steroid dienone is 2. The summed E-state index contributed by atoms with van der Waals surface area (Å²) >= 11 is 0. The number of esters is 3. The summed E-state index contributed by atoms with van der Waals surface area (Å²) in [6.07, 6.45) is 6.23. The second-order valence-corrected chi connectivity index (χ2v) is 5.19. The molecule has 0 N–H and O–H groups in total. The minimum atomic E-state index is -0.745. The summed E-state index contributed by atoms with van der Waals surface area (Å²) in [5.74, 6) is -1.70. The number of benzene rings is 1. The van der Waals surface area contributed by atoms with Gasteiger partial charge in [0.2, 0.25) is 0 Å². The van der Waals surface area contributed by atoms with E-state index in [4.69, 9.17) is 18.9 Å². The van der Waals surface area contributed by atoms with Crippen molar-refractivity contribution >= 4 is 23.6 Å². The van der Waals surface area contributed by atoms with Crippen molar-refractivity contribution in [2.75, 3.05) is 33.3 Å². The first kappa shape index (κ1) is 19.8. The van der Waals surface area contributed by atoms with E-state index in [9.17, 15) is 14.4 Å². The molecular formula is C19H19NO7. The number of carbonyl (C=O) groups excluding carboxylic acids is 3. The summed E-state index contributed by atoms with van der Waals surface area (Å²) in [7, 11) is 5.11. The Balaban J connectivity index is 2.68. The predicted octanol–water partition coefficient (Wildman–Crippen LogP) is 1.97. The Morgan fingerprint density at radius 3 is 2.11 bits per heavy atom. The number of ether oxygens (including phenoxy) is 4. The van der Waals surface area contributed by atoms with Gasteiger partial charge in [-0.05, 0) is 30.4 Å². The molecule has 0 fully saturated rings. The topological polar surface area (TPSA) is 91.4 Å². The van der Waals surface area contributed by atoms with Crippen LogP contribution in [0.3, 0.4) is 0 Å². The highest BCUT2D eigenvalue weighted by Gasteiger charge is 2.29. The third-order valence-corrected chi connectivity index (χ3v) is 3.75. The van der Waals surface area contributed by atoms with Gasteiger partial charge in [0.15, 0.2) is 0 Å². The lowest BCUT2D eigenvalue weighted by Crippen LogP contribution is -2.27. The fraction of sp³-hybridized carbons (Fsp3) is 0.211. The number of methoxy groups -OCH3 is 4. The van der Waals surface area contributed by atoms with Crippen molar-refractivity contribution in [3.63, 3.8) is 0 Å². The highest BCUT2D eigenvalue weighted by Crippen LogP contribution is 2.34. The van der Waals surface area contributed by atoms with Crippen LogP contribution in [0.2, 0.25) is 0 Å². The van der Waals surface area contributed by atoms with Crippen LogP contribution in [-0.2, 0) is 23.8 Å². The van der Waals surface area contributed by atoms with Gasteiger partial charge in [0.1, 0.15) is 11.4 Å². The molecule has 1 heterocycles. The average molecular weight is 373 g/mol. The van der Waals surface area contributed by atoms with Crippen LogP contribution in [0, 0.1) is 0 Å². The Morgan fingerprint density at radius 2 is 1.52 bits per heavy atom. The van der Waals surface area contributed by atoms with Gasteiger partial charge in [-0.1, -0.05) is 6.08 Å². The van der Waals surface area contributed by atoms with Gasteiger partial charge < -0.3 is 23.8 Å². The molecule has 0 bridgehead atoms. The zero-order chi connectivity index (χ0) is 20.0. The van der Waals surface area contributed by atoms with Gasteiger partial charge in [-0.25, -0.2) is 14.4 Å². The molecule has 1 aromatic carbocycles. The molecule has 1 aromatic rings. The van der Waals surface area contributed by atoms with E-state index < -0.39 is 17.9 Å². The molecule has 2 rings (SSSR count). The van der Waals surface area contributed by atoms with Gasteiger partial charge in [0.25, 0.3) is 0 Å². The van der Waals surface area contributed by atoms with Crippen molar-refractivity contribution in [1.82, 2.24) is 0 Å². The van der Waals surface area contributed by atoms with Gasteiger partial charge in [-0.2, -0.15) is 0 Å². The minimum Gasteiger partial charge on any atom is -0.495 e. The normalized spacial score (nSPS) is 13.1. The van der Waals surface area contributed by atoms with Gasteiger partial charge >= 0.3 is 17.9 Å². The van der Waals surface area contributed by atoms with E-state index in [1.54, 1.807) is 24.4 Å². The molecule has 27 heavy (non-hydrogen) atoms. The smallest absolute Gasteiger partial charge is 0.355 e. The first-order valence-corrected chi connectivity index (χ1v) is 7.79. The first-order valence-electron chi connectivity index (χ1n) is 7.79. The summed E-state index contributed by atoms with van der Waals surface area (Å²) < 4.78 is 19.7. The average Bonchev–Trinajstić information content (AvgIpc) is 2.94. The fourth-order valence-electron chi connectivity index (χ4n) is 2.47. The molecule has 0 radical (unpaired) electrons. The van der Waals surface area contributed by atoms with Crippen LogP contribution in [-0.4, -0.2) is 46.3 Å². The molecule has 1 aliphatic rings. The van der Waals surface area contributed by atoms with Crippen molar-refractivity contribution in [3.8, 4) is 5.75 Å². The zero-order valence-corrected chi connectivity index (χ0v) is 15.3. The van der Waals surface area contributed by atoms with Crippen molar-refractivity contribution in [2.24, 2.45) is 0 Å². The largest absolute Gasteiger partial charge is 0.495 e. The second-order valence-electron chi connectivity index (χ2n) is 5.19. The predicted molar refractivity (Wildman–Crippen MR) is 96.2 cm³/mol. The number of rotatable bonds is 5. The number of hydrogen-bond donors (Lipinski definition) is 0. The molecule has 0 saturated heterocycles. The lowest BCUT2D eigenvalue weighted by molar-refractivity contribution is -0.139. The molecule has 1 aliphatic heterocycles. The van der Waals surface area contributed by atoms with Crippen LogP contribution in [0.4, 0.5) is 5.69 Å². The Labute approximate surface area is 156 Å². The van der Waals surface area contributed by atoms with Crippen LogP contribution in [0.1, 0.15) is 10.4 Å². The maximum atomic E-state index is 12.4. The Kier molecular flexibility index (Phi) is 6.37. The SMILES string of the molecule is COC(=O)C1=C(C(=O)OC)N(c2ccc(C(=O)OC)cc2OC)C=CC=C1. The van der Waals surface area contributed by atoms with Gasteiger partial charge in [-0.15, -0.1) is 0 Å². The number of nitrogens with zero attached hydrogens (tertiary/aromatic N) is 1. The summed E-state index contributed by atoms with van der Waals surface area (Å²) in [6.45, 7) is 0. The van der Waals surface area contributed by atoms with Crippen LogP contribution in [0.25, 0.3) is 0 Å². The van der Waals surface area contributed by atoms with Crippen LogP contribution in [0.15, 0.2) is 53.9 Å². The molecule has 0 saturated carbocycles. The lowest BCUT2D eigenvalue weighted by Gasteiger charge is -2.25. The second kappa shape index (κ2) is 8.70. The molecule has 0 aliphatic carbocycles. The fourth-order valence-corrected chi connectivity index (χ4v) is 2.47. The van der Waals surface area contributed by atoms with Crippen molar-refractivity contribution < 1.29 is 33.3 Å². The van der Waals surface area contributed by atoms with Gasteiger partial charge in [0, 0.05) is 6.20 Å². The number of hydrogen-bond acceptors (Lipinski definition) is 8. The van der Waals surface area contributed by atoms with E-state index in [2.05, 4.69) is 0 Å². The molecule has 0 unspecified atom stereocenters.